The number of para-hydroxylation sites is 1. The highest BCUT2D eigenvalue weighted by molar-refractivity contribution is 5.94. The molecule has 1 saturated heterocycles. The van der Waals surface area contributed by atoms with Crippen molar-refractivity contribution in [2.24, 2.45) is 0 Å². The van der Waals surface area contributed by atoms with E-state index >= 15 is 0 Å². The van der Waals surface area contributed by atoms with Crippen LogP contribution in [0.3, 0.4) is 0 Å². The van der Waals surface area contributed by atoms with Crippen LogP contribution in [0.15, 0.2) is 54.6 Å². The summed E-state index contributed by atoms with van der Waals surface area (Å²) in [6.07, 6.45) is 0. The van der Waals surface area contributed by atoms with Gasteiger partial charge in [0.25, 0.3) is 5.91 Å². The number of hydrogen-bond acceptors (Lipinski definition) is 3. The Hall–Kier alpha value is -2.49. The molecule has 2 atom stereocenters. The van der Waals surface area contributed by atoms with Gasteiger partial charge < -0.3 is 14.5 Å². The van der Waals surface area contributed by atoms with Crippen LogP contribution in [-0.4, -0.2) is 43.1 Å². The summed E-state index contributed by atoms with van der Waals surface area (Å²) in [6.45, 7) is 5.81. The number of methoxy groups -OCH3 is 1. The van der Waals surface area contributed by atoms with E-state index in [1.54, 1.807) is 7.11 Å². The predicted molar refractivity (Wildman–Crippen MR) is 96.7 cm³/mol. The van der Waals surface area contributed by atoms with Gasteiger partial charge in [-0.15, -0.1) is 0 Å². The van der Waals surface area contributed by atoms with E-state index < -0.39 is 0 Å². The summed E-state index contributed by atoms with van der Waals surface area (Å²) >= 11 is 0. The van der Waals surface area contributed by atoms with Gasteiger partial charge in [0.05, 0.1) is 7.11 Å². The van der Waals surface area contributed by atoms with Gasteiger partial charge in [0.1, 0.15) is 5.75 Å². The minimum absolute atomic E-state index is 0.0871. The largest absolute Gasteiger partial charge is 0.497 e. The average Bonchev–Trinajstić information content (AvgIpc) is 2.61. The Kier molecular flexibility index (Phi) is 4.74. The van der Waals surface area contributed by atoms with Gasteiger partial charge in [-0.3, -0.25) is 4.79 Å². The van der Waals surface area contributed by atoms with E-state index in [2.05, 4.69) is 43.0 Å². The van der Waals surface area contributed by atoms with Crippen LogP contribution in [0.1, 0.15) is 24.2 Å². The molecule has 2 unspecified atom stereocenters. The molecule has 24 heavy (non-hydrogen) atoms. The van der Waals surface area contributed by atoms with Crippen molar-refractivity contribution in [2.45, 2.75) is 25.9 Å². The van der Waals surface area contributed by atoms with Gasteiger partial charge in [-0.05, 0) is 50.2 Å². The van der Waals surface area contributed by atoms with Gasteiger partial charge in [-0.25, -0.2) is 0 Å². The van der Waals surface area contributed by atoms with Crippen molar-refractivity contribution in [2.75, 3.05) is 25.1 Å². The highest BCUT2D eigenvalue weighted by atomic mass is 16.5. The molecular weight excluding hydrogens is 300 g/mol. The Morgan fingerprint density at radius 2 is 1.54 bits per heavy atom. The normalized spacial score (nSPS) is 20.8. The van der Waals surface area contributed by atoms with E-state index in [1.807, 2.05) is 35.2 Å². The summed E-state index contributed by atoms with van der Waals surface area (Å²) in [6, 6.07) is 18.3. The summed E-state index contributed by atoms with van der Waals surface area (Å²) < 4.78 is 5.16. The molecule has 4 heteroatoms. The number of rotatable bonds is 3. The molecule has 0 aromatic heterocycles. The van der Waals surface area contributed by atoms with Crippen molar-refractivity contribution < 1.29 is 9.53 Å². The standard InChI is InChI=1S/C20H24N2O2/c1-15-13-21(20(23)17-9-11-19(24-3)12-10-17)14-16(2)22(15)18-7-5-4-6-8-18/h4-12,15-16H,13-14H2,1-3H3. The molecule has 0 radical (unpaired) electrons. The molecule has 0 spiro atoms. The second-order valence-electron chi connectivity index (χ2n) is 6.38. The summed E-state index contributed by atoms with van der Waals surface area (Å²) in [7, 11) is 1.63. The Morgan fingerprint density at radius 3 is 2.08 bits per heavy atom. The van der Waals surface area contributed by atoms with Crippen molar-refractivity contribution in [3.8, 4) is 5.75 Å². The smallest absolute Gasteiger partial charge is 0.253 e. The molecule has 1 heterocycles. The van der Waals surface area contributed by atoms with Gasteiger partial charge in [0, 0.05) is 36.4 Å². The fraction of sp³-hybridized carbons (Fsp3) is 0.350. The van der Waals surface area contributed by atoms with Gasteiger partial charge in [0.2, 0.25) is 0 Å². The highest BCUT2D eigenvalue weighted by Gasteiger charge is 2.32. The zero-order chi connectivity index (χ0) is 17.1. The molecule has 2 aromatic rings. The van der Waals surface area contributed by atoms with E-state index in [0.29, 0.717) is 5.56 Å². The molecule has 1 amide bonds. The zero-order valence-electron chi connectivity index (χ0n) is 14.5. The average molecular weight is 324 g/mol. The summed E-state index contributed by atoms with van der Waals surface area (Å²) in [5.41, 5.74) is 1.93. The second-order valence-corrected chi connectivity index (χ2v) is 6.38. The first-order chi connectivity index (χ1) is 11.6. The van der Waals surface area contributed by atoms with E-state index in [0.717, 1.165) is 18.8 Å². The van der Waals surface area contributed by atoms with Crippen LogP contribution in [0.25, 0.3) is 0 Å². The highest BCUT2D eigenvalue weighted by Crippen LogP contribution is 2.25. The minimum Gasteiger partial charge on any atom is -0.497 e. The minimum atomic E-state index is 0.0871. The summed E-state index contributed by atoms with van der Waals surface area (Å²) in [5.74, 6) is 0.853. The monoisotopic (exact) mass is 324 g/mol. The lowest BCUT2D eigenvalue weighted by Crippen LogP contribution is -2.58. The number of piperazine rings is 1. The Balaban J connectivity index is 1.74. The fourth-order valence-electron chi connectivity index (χ4n) is 3.51. The number of hydrogen-bond donors (Lipinski definition) is 0. The number of carbonyl (C=O) groups is 1. The maximum absolute atomic E-state index is 12.8. The third-order valence-electron chi connectivity index (χ3n) is 4.60. The Morgan fingerprint density at radius 1 is 0.958 bits per heavy atom. The lowest BCUT2D eigenvalue weighted by atomic mass is 10.0. The number of ether oxygens (including phenoxy) is 1. The molecule has 1 fully saturated rings. The maximum Gasteiger partial charge on any atom is 0.253 e. The Bertz CT molecular complexity index is 673. The SMILES string of the molecule is COc1ccc(C(=O)N2CC(C)N(c3ccccc3)C(C)C2)cc1. The van der Waals surface area contributed by atoms with Crippen molar-refractivity contribution in [1.29, 1.82) is 0 Å². The number of carbonyl (C=O) groups excluding carboxylic acids is 1. The lowest BCUT2D eigenvalue weighted by Gasteiger charge is -2.46. The fourth-order valence-corrected chi connectivity index (χ4v) is 3.51. The first-order valence-electron chi connectivity index (χ1n) is 8.37. The van der Waals surface area contributed by atoms with Crippen molar-refractivity contribution in [3.05, 3.63) is 60.2 Å². The molecule has 2 aromatic carbocycles. The first-order valence-corrected chi connectivity index (χ1v) is 8.37. The zero-order valence-corrected chi connectivity index (χ0v) is 14.5. The number of nitrogens with zero attached hydrogens (tertiary/aromatic N) is 2. The molecule has 4 nitrogen and oxygen atoms in total. The topological polar surface area (TPSA) is 32.8 Å². The van der Waals surface area contributed by atoms with Crippen molar-refractivity contribution >= 4 is 11.6 Å². The van der Waals surface area contributed by atoms with E-state index in [9.17, 15) is 4.79 Å². The molecule has 1 aliphatic heterocycles. The second kappa shape index (κ2) is 6.95. The van der Waals surface area contributed by atoms with Crippen LogP contribution in [0.5, 0.6) is 5.75 Å². The molecule has 0 N–H and O–H groups in total. The third-order valence-corrected chi connectivity index (χ3v) is 4.60. The molecule has 1 aliphatic rings. The van der Waals surface area contributed by atoms with Crippen LogP contribution >= 0.6 is 0 Å². The van der Waals surface area contributed by atoms with Crippen LogP contribution < -0.4 is 9.64 Å². The third kappa shape index (κ3) is 3.23. The molecule has 126 valence electrons. The van der Waals surface area contributed by atoms with Crippen molar-refractivity contribution in [3.63, 3.8) is 0 Å². The van der Waals surface area contributed by atoms with E-state index in [1.165, 1.54) is 5.69 Å². The first kappa shape index (κ1) is 16.4. The van der Waals surface area contributed by atoms with Crippen LogP contribution in [0.4, 0.5) is 5.69 Å². The van der Waals surface area contributed by atoms with E-state index in [4.69, 9.17) is 4.74 Å². The van der Waals surface area contributed by atoms with Gasteiger partial charge in [-0.2, -0.15) is 0 Å². The van der Waals surface area contributed by atoms with Crippen LogP contribution in [0, 0.1) is 0 Å². The molecule has 0 aliphatic carbocycles. The lowest BCUT2D eigenvalue weighted by molar-refractivity contribution is 0.0701. The quantitative estimate of drug-likeness (QED) is 0.867. The van der Waals surface area contributed by atoms with Gasteiger partial charge in [-0.1, -0.05) is 18.2 Å². The maximum atomic E-state index is 12.8. The van der Waals surface area contributed by atoms with Gasteiger partial charge >= 0.3 is 0 Å². The summed E-state index contributed by atoms with van der Waals surface area (Å²) in [4.78, 5) is 17.2. The molecule has 0 bridgehead atoms. The summed E-state index contributed by atoms with van der Waals surface area (Å²) in [5, 5.41) is 0. The molecule has 0 saturated carbocycles. The predicted octanol–water partition coefficient (Wildman–Crippen LogP) is 3.43. The van der Waals surface area contributed by atoms with Gasteiger partial charge in [0.15, 0.2) is 0 Å². The number of benzene rings is 2. The number of amides is 1. The van der Waals surface area contributed by atoms with Crippen molar-refractivity contribution in [1.82, 2.24) is 4.90 Å². The number of anilines is 1. The van der Waals surface area contributed by atoms with Crippen LogP contribution in [-0.2, 0) is 0 Å². The van der Waals surface area contributed by atoms with Crippen LogP contribution in [0.2, 0.25) is 0 Å². The Labute approximate surface area is 143 Å². The molecular formula is C20H24N2O2. The van der Waals surface area contributed by atoms with E-state index in [-0.39, 0.29) is 18.0 Å². The molecule has 3 rings (SSSR count).